The van der Waals surface area contributed by atoms with Crippen LogP contribution in [0.2, 0.25) is 0 Å². The quantitative estimate of drug-likeness (QED) is 0.571. The van der Waals surface area contributed by atoms with Gasteiger partial charge < -0.3 is 5.32 Å². The van der Waals surface area contributed by atoms with Gasteiger partial charge in [-0.05, 0) is 62.2 Å². The Morgan fingerprint density at radius 1 is 1.06 bits per heavy atom. The molecule has 0 bridgehead atoms. The first-order chi connectivity index (χ1) is 14.8. The van der Waals surface area contributed by atoms with Crippen molar-refractivity contribution >= 4 is 49.0 Å². The molecule has 0 aliphatic carbocycles. The van der Waals surface area contributed by atoms with Gasteiger partial charge >= 0.3 is 4.87 Å². The molecule has 1 aliphatic rings. The van der Waals surface area contributed by atoms with Crippen molar-refractivity contribution in [1.82, 2.24) is 8.87 Å². The first-order valence-electron chi connectivity index (χ1n) is 9.80. The van der Waals surface area contributed by atoms with Gasteiger partial charge in [0, 0.05) is 24.3 Å². The molecule has 0 saturated carbocycles. The van der Waals surface area contributed by atoms with Gasteiger partial charge in [0.05, 0.1) is 15.1 Å². The molecule has 4 rings (SSSR count). The van der Waals surface area contributed by atoms with Crippen LogP contribution in [0.1, 0.15) is 30.1 Å². The lowest BCUT2D eigenvalue weighted by molar-refractivity contribution is -0.116. The zero-order valence-corrected chi connectivity index (χ0v) is 18.5. The van der Waals surface area contributed by atoms with Crippen molar-refractivity contribution in [1.29, 1.82) is 0 Å². The minimum absolute atomic E-state index is 0.0692. The average Bonchev–Trinajstić information content (AvgIpc) is 3.37. The summed E-state index contributed by atoms with van der Waals surface area (Å²) in [4.78, 5) is 36.1. The topological polar surface area (TPSA) is 106 Å². The lowest BCUT2D eigenvalue weighted by atomic mass is 10.1. The third kappa shape index (κ3) is 4.32. The highest BCUT2D eigenvalue weighted by molar-refractivity contribution is 7.89. The highest BCUT2D eigenvalue weighted by Gasteiger charge is 2.27. The van der Waals surface area contributed by atoms with Gasteiger partial charge in [0.25, 0.3) is 0 Å². The molecule has 0 unspecified atom stereocenters. The number of hydrogen-bond acceptors (Lipinski definition) is 6. The summed E-state index contributed by atoms with van der Waals surface area (Å²) in [5.41, 5.74) is 1.57. The number of amides is 1. The third-order valence-corrected chi connectivity index (χ3v) is 8.06. The predicted octanol–water partition coefficient (Wildman–Crippen LogP) is 2.69. The van der Waals surface area contributed by atoms with E-state index in [0.29, 0.717) is 34.6 Å². The van der Waals surface area contributed by atoms with Crippen LogP contribution in [0.25, 0.3) is 10.2 Å². The maximum absolute atomic E-state index is 12.8. The second-order valence-electron chi connectivity index (χ2n) is 7.38. The lowest BCUT2D eigenvalue weighted by Gasteiger charge is -2.15. The van der Waals surface area contributed by atoms with Crippen LogP contribution in [0, 0.1) is 0 Å². The van der Waals surface area contributed by atoms with Crippen molar-refractivity contribution in [3.8, 4) is 0 Å². The molecule has 10 heteroatoms. The Bertz CT molecular complexity index is 1320. The van der Waals surface area contributed by atoms with Crippen LogP contribution < -0.4 is 10.2 Å². The minimum Gasteiger partial charge on any atom is -0.325 e. The largest absolute Gasteiger partial charge is 0.325 e. The van der Waals surface area contributed by atoms with E-state index in [1.54, 1.807) is 30.3 Å². The highest BCUT2D eigenvalue weighted by Crippen LogP contribution is 2.26. The number of benzene rings is 2. The van der Waals surface area contributed by atoms with Gasteiger partial charge in [0.1, 0.15) is 6.54 Å². The van der Waals surface area contributed by atoms with E-state index in [1.165, 1.54) is 27.9 Å². The second kappa shape index (κ2) is 8.37. The number of carbonyl (C=O) groups is 2. The second-order valence-corrected chi connectivity index (χ2v) is 10.3. The Morgan fingerprint density at radius 3 is 2.39 bits per heavy atom. The van der Waals surface area contributed by atoms with Crippen molar-refractivity contribution in [2.75, 3.05) is 18.4 Å². The van der Waals surface area contributed by atoms with Crippen LogP contribution in [0.5, 0.6) is 0 Å². The van der Waals surface area contributed by atoms with Gasteiger partial charge in [-0.3, -0.25) is 19.0 Å². The Balaban J connectivity index is 1.55. The molecule has 0 radical (unpaired) electrons. The first-order valence-corrected chi connectivity index (χ1v) is 12.1. The van der Waals surface area contributed by atoms with Crippen molar-refractivity contribution in [3.63, 3.8) is 0 Å². The lowest BCUT2D eigenvalue weighted by Crippen LogP contribution is -2.27. The number of nitrogens with zero attached hydrogens (tertiary/aromatic N) is 2. The maximum Gasteiger partial charge on any atom is 0.308 e. The summed E-state index contributed by atoms with van der Waals surface area (Å²) in [7, 11) is -3.58. The number of rotatable bonds is 6. The third-order valence-electron chi connectivity index (χ3n) is 5.22. The van der Waals surface area contributed by atoms with Crippen molar-refractivity contribution in [2.45, 2.75) is 31.2 Å². The Morgan fingerprint density at radius 2 is 1.74 bits per heavy atom. The molecule has 1 aromatic heterocycles. The fraction of sp³-hybridized carbons (Fsp3) is 0.286. The molecule has 162 valence electrons. The molecule has 1 saturated heterocycles. The molecule has 8 nitrogen and oxygen atoms in total. The molecule has 3 aromatic rings. The number of Topliss-reactive ketones (excluding diaryl/α,β-unsaturated/α-hetero) is 1. The SMILES string of the molecule is CC(=O)c1ccc(NC(=O)Cn2c(=O)sc3cc(S(=O)(=O)N4CCCC4)ccc32)cc1. The summed E-state index contributed by atoms with van der Waals surface area (Å²) in [5.74, 6) is -0.466. The fourth-order valence-corrected chi connectivity index (χ4v) is 6.12. The maximum atomic E-state index is 12.8. The van der Waals surface area contributed by atoms with Crippen LogP contribution in [-0.4, -0.2) is 42.1 Å². The molecule has 1 fully saturated rings. The number of nitrogens with one attached hydrogen (secondary N) is 1. The van der Waals surface area contributed by atoms with E-state index in [-0.39, 0.29) is 22.1 Å². The van der Waals surface area contributed by atoms with Crippen molar-refractivity contribution in [2.24, 2.45) is 0 Å². The predicted molar refractivity (Wildman–Crippen MR) is 119 cm³/mol. The van der Waals surface area contributed by atoms with Gasteiger partial charge in [-0.1, -0.05) is 11.3 Å². The number of hydrogen-bond donors (Lipinski definition) is 1. The molecular weight excluding hydrogens is 438 g/mol. The number of sulfonamides is 1. The minimum atomic E-state index is -3.58. The molecule has 31 heavy (non-hydrogen) atoms. The molecule has 2 aromatic carbocycles. The summed E-state index contributed by atoms with van der Waals surface area (Å²) in [5, 5.41) is 2.70. The number of carbonyl (C=O) groups excluding carboxylic acids is 2. The normalized spacial score (nSPS) is 14.7. The fourth-order valence-electron chi connectivity index (χ4n) is 3.57. The van der Waals surface area contributed by atoms with E-state index in [1.807, 2.05) is 0 Å². The van der Waals surface area contributed by atoms with E-state index in [2.05, 4.69) is 5.32 Å². The number of anilines is 1. The summed E-state index contributed by atoms with van der Waals surface area (Å²) in [6.07, 6.45) is 1.69. The van der Waals surface area contributed by atoms with Gasteiger partial charge in [0.2, 0.25) is 15.9 Å². The number of ketones is 1. The summed E-state index contributed by atoms with van der Waals surface area (Å²) < 4.78 is 28.9. The average molecular weight is 460 g/mol. The van der Waals surface area contributed by atoms with Gasteiger partial charge in [-0.25, -0.2) is 8.42 Å². The number of aromatic nitrogens is 1. The summed E-state index contributed by atoms with van der Waals surface area (Å²) in [6, 6.07) is 11.0. The Labute approximate surface area is 183 Å². The molecule has 2 heterocycles. The zero-order valence-electron chi connectivity index (χ0n) is 16.8. The standard InChI is InChI=1S/C21H21N3O5S2/c1-14(25)15-4-6-16(7-5-15)22-20(26)13-24-18-9-8-17(12-19(18)30-21(24)27)31(28,29)23-10-2-3-11-23/h4-9,12H,2-3,10-11,13H2,1H3,(H,22,26). The smallest absolute Gasteiger partial charge is 0.308 e. The van der Waals surface area contributed by atoms with Crippen LogP contribution in [0.4, 0.5) is 5.69 Å². The Hall–Kier alpha value is -2.82. The molecule has 0 atom stereocenters. The molecular formula is C21H21N3O5S2. The van der Waals surface area contributed by atoms with Crippen LogP contribution in [0.15, 0.2) is 52.2 Å². The van der Waals surface area contributed by atoms with E-state index in [0.717, 1.165) is 24.2 Å². The van der Waals surface area contributed by atoms with Gasteiger partial charge in [0.15, 0.2) is 5.78 Å². The van der Waals surface area contributed by atoms with Crippen LogP contribution >= 0.6 is 11.3 Å². The van der Waals surface area contributed by atoms with Gasteiger partial charge in [-0.2, -0.15) is 4.31 Å². The van der Waals surface area contributed by atoms with Crippen LogP contribution in [-0.2, 0) is 21.4 Å². The molecule has 1 amide bonds. The van der Waals surface area contributed by atoms with E-state index >= 15 is 0 Å². The monoisotopic (exact) mass is 459 g/mol. The van der Waals surface area contributed by atoms with Crippen molar-refractivity contribution < 1.29 is 18.0 Å². The molecule has 1 aliphatic heterocycles. The number of fused-ring (bicyclic) bond motifs is 1. The van der Waals surface area contributed by atoms with E-state index in [9.17, 15) is 22.8 Å². The number of thiazole rings is 1. The van der Waals surface area contributed by atoms with E-state index < -0.39 is 15.9 Å². The van der Waals surface area contributed by atoms with Crippen molar-refractivity contribution in [3.05, 3.63) is 57.7 Å². The van der Waals surface area contributed by atoms with Crippen LogP contribution in [0.3, 0.4) is 0 Å². The summed E-state index contributed by atoms with van der Waals surface area (Å²) in [6.45, 7) is 2.27. The molecule has 1 N–H and O–H groups in total. The van der Waals surface area contributed by atoms with E-state index in [4.69, 9.17) is 0 Å². The summed E-state index contributed by atoms with van der Waals surface area (Å²) >= 11 is 0.912. The molecule has 0 spiro atoms. The highest BCUT2D eigenvalue weighted by atomic mass is 32.2. The Kier molecular flexibility index (Phi) is 5.78. The first kappa shape index (κ1) is 21.4. The zero-order chi connectivity index (χ0) is 22.2. The van der Waals surface area contributed by atoms with Gasteiger partial charge in [-0.15, -0.1) is 0 Å².